The minimum absolute atomic E-state index is 0.0771. The Morgan fingerprint density at radius 1 is 1.23 bits per heavy atom. The minimum Gasteiger partial charge on any atom is -0.322 e. The Bertz CT molecular complexity index is 1170. The Labute approximate surface area is 180 Å². The molecule has 0 aliphatic rings. The predicted molar refractivity (Wildman–Crippen MR) is 119 cm³/mol. The molecular formula is C21H21ClN4O3S. The molecule has 1 heterocycles. The summed E-state index contributed by atoms with van der Waals surface area (Å²) in [4.78, 5) is 12.2. The second-order valence-electron chi connectivity index (χ2n) is 6.42. The summed E-state index contributed by atoms with van der Waals surface area (Å²) in [6.07, 6.45) is 6.35. The number of sulfonamides is 1. The number of para-hydroxylation sites is 1. The zero-order valence-electron chi connectivity index (χ0n) is 16.5. The zero-order valence-corrected chi connectivity index (χ0v) is 18.1. The minimum atomic E-state index is -3.92. The monoisotopic (exact) mass is 444 g/mol. The van der Waals surface area contributed by atoms with Crippen molar-refractivity contribution in [2.75, 3.05) is 16.2 Å². The maximum atomic E-state index is 13.2. The average molecular weight is 445 g/mol. The number of carbonyl (C=O) groups is 1. The Kier molecular flexibility index (Phi) is 6.59. The van der Waals surface area contributed by atoms with E-state index in [9.17, 15) is 13.2 Å². The van der Waals surface area contributed by atoms with Gasteiger partial charge < -0.3 is 5.32 Å². The van der Waals surface area contributed by atoms with Gasteiger partial charge in [0.25, 0.3) is 10.0 Å². The molecule has 0 fully saturated rings. The molecule has 1 N–H and O–H groups in total. The summed E-state index contributed by atoms with van der Waals surface area (Å²) in [7, 11) is -2.14. The summed E-state index contributed by atoms with van der Waals surface area (Å²) in [5, 5.41) is 6.76. The fourth-order valence-corrected chi connectivity index (χ4v) is 4.84. The lowest BCUT2D eigenvalue weighted by Gasteiger charge is -2.23. The molecule has 3 aromatic rings. The molecule has 0 saturated heterocycles. The first-order valence-electron chi connectivity index (χ1n) is 9.16. The third-order valence-corrected chi connectivity index (χ3v) is 6.63. The maximum Gasteiger partial charge on any atom is 0.265 e. The predicted octanol–water partition coefficient (Wildman–Crippen LogP) is 3.94. The molecule has 1 aromatic heterocycles. The number of hydrogen-bond acceptors (Lipinski definition) is 4. The normalized spacial score (nSPS) is 11.6. The van der Waals surface area contributed by atoms with Crippen molar-refractivity contribution in [2.45, 2.75) is 11.8 Å². The van der Waals surface area contributed by atoms with Gasteiger partial charge in [-0.1, -0.05) is 29.8 Å². The lowest BCUT2D eigenvalue weighted by atomic mass is 10.3. The lowest BCUT2D eigenvalue weighted by molar-refractivity contribution is -0.111. The molecule has 0 atom stereocenters. The van der Waals surface area contributed by atoms with Crippen LogP contribution >= 0.6 is 11.6 Å². The number of nitrogens with one attached hydrogen (secondary N) is 1. The highest BCUT2D eigenvalue weighted by molar-refractivity contribution is 7.93. The van der Waals surface area contributed by atoms with Crippen molar-refractivity contribution >= 4 is 45.0 Å². The van der Waals surface area contributed by atoms with E-state index in [1.54, 1.807) is 67.5 Å². The molecule has 9 heteroatoms. The topological polar surface area (TPSA) is 84.3 Å². The molecule has 3 rings (SSSR count). The number of aryl methyl sites for hydroxylation is 1. The van der Waals surface area contributed by atoms with E-state index >= 15 is 0 Å². The Morgan fingerprint density at radius 2 is 1.97 bits per heavy atom. The lowest BCUT2D eigenvalue weighted by Crippen LogP contribution is -2.31. The van der Waals surface area contributed by atoms with Crippen molar-refractivity contribution in [3.8, 4) is 0 Å². The molecular weight excluding hydrogens is 424 g/mol. The van der Waals surface area contributed by atoms with Crippen molar-refractivity contribution in [2.24, 2.45) is 7.05 Å². The SMILES string of the molecule is CCN(c1ccccc1)S(=O)(=O)c1cc(NC(=O)/C=C/c2cnn(C)c2)ccc1Cl. The standard InChI is InChI=1S/C21H21ClN4O3S/c1-3-26(18-7-5-4-6-8-18)30(28,29)20-13-17(10-11-19(20)22)24-21(27)12-9-16-14-23-25(2)15-16/h4-15H,3H2,1-2H3,(H,24,27)/b12-9+. The third kappa shape index (κ3) is 4.90. The van der Waals surface area contributed by atoms with E-state index < -0.39 is 15.9 Å². The van der Waals surface area contributed by atoms with Crippen LogP contribution in [0.25, 0.3) is 6.08 Å². The van der Waals surface area contributed by atoms with E-state index in [4.69, 9.17) is 11.6 Å². The molecule has 0 aliphatic carbocycles. The Balaban J connectivity index is 1.85. The fraction of sp³-hybridized carbons (Fsp3) is 0.143. The third-order valence-electron chi connectivity index (χ3n) is 4.25. The van der Waals surface area contributed by atoms with Crippen molar-refractivity contribution in [1.29, 1.82) is 0 Å². The molecule has 1 amide bonds. The second-order valence-corrected chi connectivity index (χ2v) is 8.66. The number of benzene rings is 2. The van der Waals surface area contributed by atoms with Crippen molar-refractivity contribution in [1.82, 2.24) is 9.78 Å². The number of anilines is 2. The summed E-state index contributed by atoms with van der Waals surface area (Å²) < 4.78 is 29.4. The van der Waals surface area contributed by atoms with Crippen LogP contribution in [0.2, 0.25) is 5.02 Å². The number of halogens is 1. The van der Waals surface area contributed by atoms with E-state index in [2.05, 4.69) is 10.4 Å². The molecule has 2 aromatic carbocycles. The molecule has 7 nitrogen and oxygen atoms in total. The average Bonchev–Trinajstić information content (AvgIpc) is 3.14. The summed E-state index contributed by atoms with van der Waals surface area (Å²) in [6.45, 7) is 1.97. The molecule has 0 saturated carbocycles. The number of carbonyl (C=O) groups excluding carboxylic acids is 1. The second kappa shape index (κ2) is 9.15. The fourth-order valence-electron chi connectivity index (χ4n) is 2.87. The van der Waals surface area contributed by atoms with Gasteiger partial charge in [-0.15, -0.1) is 0 Å². The molecule has 0 bridgehead atoms. The largest absolute Gasteiger partial charge is 0.322 e. The Hall–Kier alpha value is -3.10. The molecule has 0 unspecified atom stereocenters. The van der Waals surface area contributed by atoms with E-state index in [1.807, 2.05) is 6.07 Å². The van der Waals surface area contributed by atoms with Gasteiger partial charge in [0.05, 0.1) is 16.9 Å². The van der Waals surface area contributed by atoms with Crippen molar-refractivity contribution in [3.05, 3.63) is 77.6 Å². The van der Waals surface area contributed by atoms with Gasteiger partial charge in [-0.25, -0.2) is 8.42 Å². The molecule has 156 valence electrons. The van der Waals surface area contributed by atoms with E-state index in [1.165, 1.54) is 22.5 Å². The zero-order chi connectivity index (χ0) is 21.7. The Morgan fingerprint density at radius 3 is 2.60 bits per heavy atom. The van der Waals surface area contributed by atoms with Gasteiger partial charge in [0.15, 0.2) is 0 Å². The first-order chi connectivity index (χ1) is 14.3. The van der Waals surface area contributed by atoms with Gasteiger partial charge in [0, 0.05) is 37.1 Å². The number of hydrogen-bond donors (Lipinski definition) is 1. The van der Waals surface area contributed by atoms with Crippen LogP contribution < -0.4 is 9.62 Å². The van der Waals surface area contributed by atoms with E-state index in [0.717, 1.165) is 5.56 Å². The first-order valence-corrected chi connectivity index (χ1v) is 11.0. The van der Waals surface area contributed by atoms with Crippen LogP contribution in [0.1, 0.15) is 12.5 Å². The van der Waals surface area contributed by atoms with Gasteiger partial charge >= 0.3 is 0 Å². The van der Waals surface area contributed by atoms with Gasteiger partial charge in [-0.2, -0.15) is 5.10 Å². The molecule has 30 heavy (non-hydrogen) atoms. The highest BCUT2D eigenvalue weighted by Gasteiger charge is 2.26. The number of rotatable bonds is 7. The van der Waals surface area contributed by atoms with Gasteiger partial charge in [0.1, 0.15) is 4.90 Å². The summed E-state index contributed by atoms with van der Waals surface area (Å²) in [6, 6.07) is 13.1. The molecule has 0 radical (unpaired) electrons. The number of amides is 1. The van der Waals surface area contributed by atoms with E-state index in [0.29, 0.717) is 11.4 Å². The van der Waals surface area contributed by atoms with Crippen LogP contribution in [-0.4, -0.2) is 30.7 Å². The molecule has 0 spiro atoms. The summed E-state index contributed by atoms with van der Waals surface area (Å²) >= 11 is 6.21. The van der Waals surface area contributed by atoms with Gasteiger partial charge in [-0.05, 0) is 43.3 Å². The van der Waals surface area contributed by atoms with Crippen molar-refractivity contribution < 1.29 is 13.2 Å². The quantitative estimate of drug-likeness (QED) is 0.559. The van der Waals surface area contributed by atoms with Crippen molar-refractivity contribution in [3.63, 3.8) is 0 Å². The molecule has 0 aliphatic heterocycles. The van der Waals surface area contributed by atoms with Crippen LogP contribution in [0.4, 0.5) is 11.4 Å². The first kappa shape index (κ1) is 21.6. The number of aromatic nitrogens is 2. The van der Waals surface area contributed by atoms with E-state index in [-0.39, 0.29) is 16.5 Å². The van der Waals surface area contributed by atoms with Crippen LogP contribution in [0.15, 0.2) is 71.9 Å². The van der Waals surface area contributed by atoms with Gasteiger partial charge in [-0.3, -0.25) is 13.8 Å². The highest BCUT2D eigenvalue weighted by Crippen LogP contribution is 2.30. The van der Waals surface area contributed by atoms with Crippen LogP contribution in [0.5, 0.6) is 0 Å². The van der Waals surface area contributed by atoms with Crippen LogP contribution in [-0.2, 0) is 21.9 Å². The van der Waals surface area contributed by atoms with Crippen LogP contribution in [0.3, 0.4) is 0 Å². The highest BCUT2D eigenvalue weighted by atomic mass is 35.5. The van der Waals surface area contributed by atoms with Gasteiger partial charge in [0.2, 0.25) is 5.91 Å². The summed E-state index contributed by atoms with van der Waals surface area (Å²) in [5.74, 6) is -0.403. The number of nitrogens with zero attached hydrogens (tertiary/aromatic N) is 3. The maximum absolute atomic E-state index is 13.2. The summed E-state index contributed by atoms with van der Waals surface area (Å²) in [5.41, 5.74) is 1.63. The smallest absolute Gasteiger partial charge is 0.265 e. The van der Waals surface area contributed by atoms with Crippen LogP contribution in [0, 0.1) is 0 Å².